The third-order valence-corrected chi connectivity index (χ3v) is 3.28. The molecule has 0 saturated carbocycles. The Labute approximate surface area is 114 Å². The van der Waals surface area contributed by atoms with Crippen LogP contribution in [0, 0.1) is 0 Å². The number of carbonyl (C=O) groups excluding carboxylic acids is 1. The number of benzene rings is 1. The Kier molecular flexibility index (Phi) is 3.84. The number of pyridine rings is 1. The SMILES string of the molecule is COc1cc(-c2ccnc(Cl)c2Cl)ccc1C=O. The lowest BCUT2D eigenvalue weighted by atomic mass is 10.0. The molecule has 0 N–H and O–H groups in total. The molecule has 0 saturated heterocycles. The van der Waals surface area contributed by atoms with Crippen molar-refractivity contribution in [1.82, 2.24) is 4.98 Å². The second-order valence-electron chi connectivity index (χ2n) is 3.54. The van der Waals surface area contributed by atoms with Crippen LogP contribution in [0.4, 0.5) is 0 Å². The van der Waals surface area contributed by atoms with Gasteiger partial charge in [0.05, 0.1) is 17.7 Å². The Balaban J connectivity index is 2.58. The van der Waals surface area contributed by atoms with Gasteiger partial charge >= 0.3 is 0 Å². The van der Waals surface area contributed by atoms with Gasteiger partial charge in [-0.15, -0.1) is 0 Å². The van der Waals surface area contributed by atoms with E-state index in [9.17, 15) is 4.79 Å². The highest BCUT2D eigenvalue weighted by atomic mass is 35.5. The van der Waals surface area contributed by atoms with Gasteiger partial charge in [0, 0.05) is 11.8 Å². The van der Waals surface area contributed by atoms with Crippen LogP contribution in [-0.2, 0) is 0 Å². The molecule has 3 nitrogen and oxygen atoms in total. The Bertz CT molecular complexity index is 600. The van der Waals surface area contributed by atoms with Crippen LogP contribution >= 0.6 is 23.2 Å². The summed E-state index contributed by atoms with van der Waals surface area (Å²) in [5.41, 5.74) is 2.04. The van der Waals surface area contributed by atoms with Gasteiger partial charge in [-0.25, -0.2) is 4.98 Å². The molecule has 0 atom stereocenters. The molecular weight excluding hydrogens is 273 g/mol. The van der Waals surface area contributed by atoms with Gasteiger partial charge in [-0.3, -0.25) is 4.79 Å². The lowest BCUT2D eigenvalue weighted by Crippen LogP contribution is -1.91. The van der Waals surface area contributed by atoms with Gasteiger partial charge in [-0.2, -0.15) is 0 Å². The second kappa shape index (κ2) is 5.38. The lowest BCUT2D eigenvalue weighted by molar-refractivity contribution is 0.112. The zero-order valence-electron chi connectivity index (χ0n) is 9.48. The third kappa shape index (κ3) is 2.33. The number of carbonyl (C=O) groups is 1. The molecule has 92 valence electrons. The quantitative estimate of drug-likeness (QED) is 0.633. The van der Waals surface area contributed by atoms with Crippen LogP contribution in [0.3, 0.4) is 0 Å². The molecule has 0 aliphatic heterocycles. The molecule has 0 radical (unpaired) electrons. The van der Waals surface area contributed by atoms with Crippen LogP contribution < -0.4 is 4.74 Å². The number of nitrogens with zero attached hydrogens (tertiary/aromatic N) is 1. The van der Waals surface area contributed by atoms with E-state index in [0.29, 0.717) is 16.3 Å². The van der Waals surface area contributed by atoms with Crippen molar-refractivity contribution >= 4 is 29.5 Å². The Hall–Kier alpha value is -1.58. The highest BCUT2D eigenvalue weighted by Gasteiger charge is 2.10. The van der Waals surface area contributed by atoms with Crippen molar-refractivity contribution in [3.8, 4) is 16.9 Å². The maximum Gasteiger partial charge on any atom is 0.153 e. The van der Waals surface area contributed by atoms with Crippen LogP contribution in [0.15, 0.2) is 30.5 Å². The fourth-order valence-electron chi connectivity index (χ4n) is 1.62. The summed E-state index contributed by atoms with van der Waals surface area (Å²) in [6.07, 6.45) is 2.31. The summed E-state index contributed by atoms with van der Waals surface area (Å²) in [5, 5.41) is 0.618. The van der Waals surface area contributed by atoms with Crippen LogP contribution in [0.1, 0.15) is 10.4 Å². The van der Waals surface area contributed by atoms with E-state index in [1.54, 1.807) is 30.5 Å². The van der Waals surface area contributed by atoms with Crippen molar-refractivity contribution in [3.05, 3.63) is 46.2 Å². The van der Waals surface area contributed by atoms with E-state index in [0.717, 1.165) is 17.4 Å². The number of ether oxygens (including phenoxy) is 1. The minimum absolute atomic E-state index is 0.243. The van der Waals surface area contributed by atoms with Gasteiger partial charge in [-0.1, -0.05) is 29.3 Å². The molecule has 1 aromatic heterocycles. The molecule has 2 rings (SSSR count). The summed E-state index contributed by atoms with van der Waals surface area (Å²) in [5.74, 6) is 0.492. The maximum atomic E-state index is 10.8. The molecule has 18 heavy (non-hydrogen) atoms. The zero-order chi connectivity index (χ0) is 13.1. The van der Waals surface area contributed by atoms with E-state index >= 15 is 0 Å². The summed E-state index contributed by atoms with van der Waals surface area (Å²) in [7, 11) is 1.51. The van der Waals surface area contributed by atoms with E-state index in [1.165, 1.54) is 7.11 Å². The zero-order valence-corrected chi connectivity index (χ0v) is 11.0. The number of aldehydes is 1. The first kappa shape index (κ1) is 12.9. The Morgan fingerprint density at radius 2 is 2.06 bits per heavy atom. The minimum atomic E-state index is 0.243. The monoisotopic (exact) mass is 281 g/mol. The van der Waals surface area contributed by atoms with Crippen molar-refractivity contribution in [1.29, 1.82) is 0 Å². The molecule has 0 aliphatic rings. The fraction of sp³-hybridized carbons (Fsp3) is 0.0769. The molecule has 5 heteroatoms. The van der Waals surface area contributed by atoms with Crippen LogP contribution in [0.5, 0.6) is 5.75 Å². The topological polar surface area (TPSA) is 39.2 Å². The van der Waals surface area contributed by atoms with E-state index in [4.69, 9.17) is 27.9 Å². The molecule has 0 spiro atoms. The summed E-state index contributed by atoms with van der Waals surface area (Å²) in [6.45, 7) is 0. The molecule has 1 heterocycles. The first-order valence-corrected chi connectivity index (χ1v) is 5.86. The molecule has 2 aromatic rings. The van der Waals surface area contributed by atoms with Crippen LogP contribution in [0.2, 0.25) is 10.2 Å². The smallest absolute Gasteiger partial charge is 0.153 e. The Morgan fingerprint density at radius 1 is 1.28 bits per heavy atom. The van der Waals surface area contributed by atoms with E-state index < -0.39 is 0 Å². The number of methoxy groups -OCH3 is 1. The predicted octanol–water partition coefficient (Wildman–Crippen LogP) is 3.88. The lowest BCUT2D eigenvalue weighted by Gasteiger charge is -2.09. The van der Waals surface area contributed by atoms with Gasteiger partial charge in [0.25, 0.3) is 0 Å². The minimum Gasteiger partial charge on any atom is -0.496 e. The third-order valence-electron chi connectivity index (χ3n) is 2.52. The average molecular weight is 282 g/mol. The van der Waals surface area contributed by atoms with E-state index in [1.807, 2.05) is 0 Å². The molecule has 0 bridgehead atoms. The van der Waals surface area contributed by atoms with E-state index in [2.05, 4.69) is 4.98 Å². The van der Waals surface area contributed by atoms with Crippen molar-refractivity contribution in [2.75, 3.05) is 7.11 Å². The van der Waals surface area contributed by atoms with Gasteiger partial charge < -0.3 is 4.74 Å². The van der Waals surface area contributed by atoms with Crippen molar-refractivity contribution in [2.45, 2.75) is 0 Å². The molecule has 0 fully saturated rings. The summed E-state index contributed by atoms with van der Waals surface area (Å²) in [4.78, 5) is 14.7. The summed E-state index contributed by atoms with van der Waals surface area (Å²) >= 11 is 12.0. The van der Waals surface area contributed by atoms with Gasteiger partial charge in [-0.05, 0) is 23.8 Å². The fourth-order valence-corrected chi connectivity index (χ4v) is 2.00. The first-order valence-electron chi connectivity index (χ1n) is 5.11. The van der Waals surface area contributed by atoms with Crippen molar-refractivity contribution in [3.63, 3.8) is 0 Å². The van der Waals surface area contributed by atoms with Crippen LogP contribution in [-0.4, -0.2) is 18.4 Å². The largest absolute Gasteiger partial charge is 0.496 e. The molecular formula is C13H9Cl2NO2. The highest BCUT2D eigenvalue weighted by Crippen LogP contribution is 2.34. The summed E-state index contributed by atoms with van der Waals surface area (Å²) < 4.78 is 5.15. The van der Waals surface area contributed by atoms with Gasteiger partial charge in [0.15, 0.2) is 6.29 Å². The van der Waals surface area contributed by atoms with Gasteiger partial charge in [0.1, 0.15) is 10.9 Å². The molecule has 0 unspecified atom stereocenters. The number of halogens is 2. The number of rotatable bonds is 3. The predicted molar refractivity (Wildman–Crippen MR) is 71.6 cm³/mol. The van der Waals surface area contributed by atoms with Crippen LogP contribution in [0.25, 0.3) is 11.1 Å². The number of aromatic nitrogens is 1. The summed E-state index contributed by atoms with van der Waals surface area (Å²) in [6, 6.07) is 6.94. The standard InChI is InChI=1S/C13H9Cl2NO2/c1-18-11-6-8(2-3-9(11)7-17)10-4-5-16-13(15)12(10)14/h2-7H,1H3. The molecule has 0 amide bonds. The average Bonchev–Trinajstić information content (AvgIpc) is 2.41. The van der Waals surface area contributed by atoms with Gasteiger partial charge in [0.2, 0.25) is 0 Å². The Morgan fingerprint density at radius 3 is 2.72 bits per heavy atom. The van der Waals surface area contributed by atoms with Crippen molar-refractivity contribution in [2.24, 2.45) is 0 Å². The molecule has 0 aliphatic carbocycles. The maximum absolute atomic E-state index is 10.8. The number of hydrogen-bond acceptors (Lipinski definition) is 3. The van der Waals surface area contributed by atoms with E-state index in [-0.39, 0.29) is 5.15 Å². The number of hydrogen-bond donors (Lipinski definition) is 0. The normalized spacial score (nSPS) is 10.2. The molecule has 1 aromatic carbocycles. The van der Waals surface area contributed by atoms with Crippen molar-refractivity contribution < 1.29 is 9.53 Å². The second-order valence-corrected chi connectivity index (χ2v) is 4.27. The first-order chi connectivity index (χ1) is 8.67. The highest BCUT2D eigenvalue weighted by molar-refractivity contribution is 6.42.